The fraction of sp³-hybridized carbons (Fsp3) is 0.278. The van der Waals surface area contributed by atoms with Crippen LogP contribution in [-0.4, -0.2) is 29.9 Å². The van der Waals surface area contributed by atoms with Crippen molar-refractivity contribution in [2.75, 3.05) is 18.4 Å². The van der Waals surface area contributed by atoms with Crippen molar-refractivity contribution in [3.05, 3.63) is 58.9 Å². The van der Waals surface area contributed by atoms with Crippen molar-refractivity contribution in [2.45, 2.75) is 19.4 Å². The van der Waals surface area contributed by atoms with Crippen LogP contribution in [0, 0.1) is 17.5 Å². The lowest BCUT2D eigenvalue weighted by Crippen LogP contribution is -2.57. The number of amides is 1. The predicted molar refractivity (Wildman–Crippen MR) is 89.3 cm³/mol. The summed E-state index contributed by atoms with van der Waals surface area (Å²) in [5, 5.41) is 2.69. The van der Waals surface area contributed by atoms with E-state index in [2.05, 4.69) is 5.32 Å². The number of likely N-dealkylation sites (tertiary alicyclic amines) is 1. The van der Waals surface area contributed by atoms with Crippen LogP contribution in [0.15, 0.2) is 30.3 Å². The molecule has 7 heteroatoms. The average Bonchev–Trinajstić information content (AvgIpc) is 2.56. The van der Waals surface area contributed by atoms with E-state index in [4.69, 9.17) is 5.73 Å². The molecule has 0 saturated carbocycles. The summed E-state index contributed by atoms with van der Waals surface area (Å²) in [4.78, 5) is 13.9. The highest BCUT2D eigenvalue weighted by molar-refractivity contribution is 6.00. The van der Waals surface area contributed by atoms with E-state index < -0.39 is 23.4 Å². The van der Waals surface area contributed by atoms with Gasteiger partial charge in [0.2, 0.25) is 0 Å². The van der Waals surface area contributed by atoms with Gasteiger partial charge in [-0.25, -0.2) is 13.2 Å². The van der Waals surface area contributed by atoms with Crippen molar-refractivity contribution in [2.24, 2.45) is 5.73 Å². The summed E-state index contributed by atoms with van der Waals surface area (Å²) in [5.74, 6) is -3.27. The molecule has 132 valence electrons. The Labute approximate surface area is 143 Å². The van der Waals surface area contributed by atoms with Crippen LogP contribution in [0.4, 0.5) is 24.5 Å². The van der Waals surface area contributed by atoms with Crippen molar-refractivity contribution in [3.63, 3.8) is 0 Å². The minimum atomic E-state index is -1.14. The lowest BCUT2D eigenvalue weighted by atomic mass is 10.1. The van der Waals surface area contributed by atoms with Gasteiger partial charge in [-0.1, -0.05) is 13.0 Å². The number of carbonyl (C=O) groups is 1. The van der Waals surface area contributed by atoms with Gasteiger partial charge in [-0.2, -0.15) is 0 Å². The molecular formula is C18H18F3N3O. The first-order valence-electron chi connectivity index (χ1n) is 7.98. The van der Waals surface area contributed by atoms with Crippen LogP contribution in [0.1, 0.15) is 22.8 Å². The summed E-state index contributed by atoms with van der Waals surface area (Å²) < 4.78 is 41.5. The van der Waals surface area contributed by atoms with Crippen LogP contribution >= 0.6 is 0 Å². The quantitative estimate of drug-likeness (QED) is 0.891. The molecule has 0 aliphatic carbocycles. The molecule has 1 aliphatic heterocycles. The van der Waals surface area contributed by atoms with Crippen LogP contribution in [0.2, 0.25) is 0 Å². The highest BCUT2D eigenvalue weighted by atomic mass is 19.2. The third-order valence-corrected chi connectivity index (χ3v) is 4.20. The second-order valence-electron chi connectivity index (χ2n) is 6.07. The molecule has 2 aromatic carbocycles. The smallest absolute Gasteiger partial charge is 0.256 e. The SMILES string of the molecule is CCc1ccc(Nc2cc(F)c(F)cc2C(=O)N2CC(N)C2)c(F)c1. The van der Waals surface area contributed by atoms with E-state index in [1.54, 1.807) is 6.07 Å². The number of halogens is 3. The number of rotatable bonds is 4. The second kappa shape index (κ2) is 6.76. The molecular weight excluding hydrogens is 331 g/mol. The molecule has 3 rings (SSSR count). The van der Waals surface area contributed by atoms with Gasteiger partial charge >= 0.3 is 0 Å². The zero-order valence-electron chi connectivity index (χ0n) is 13.7. The summed E-state index contributed by atoms with van der Waals surface area (Å²) >= 11 is 0. The number of hydrogen-bond acceptors (Lipinski definition) is 3. The summed E-state index contributed by atoms with van der Waals surface area (Å²) in [6, 6.07) is 6.14. The molecule has 3 N–H and O–H groups in total. The number of carbonyl (C=O) groups excluding carboxylic acids is 1. The summed E-state index contributed by atoms with van der Waals surface area (Å²) in [5.41, 5.74) is 6.48. The van der Waals surface area contributed by atoms with Crippen molar-refractivity contribution < 1.29 is 18.0 Å². The molecule has 1 aliphatic rings. The van der Waals surface area contributed by atoms with Crippen LogP contribution in [0.5, 0.6) is 0 Å². The van der Waals surface area contributed by atoms with E-state index in [-0.39, 0.29) is 23.0 Å². The molecule has 0 unspecified atom stereocenters. The highest BCUT2D eigenvalue weighted by Crippen LogP contribution is 2.28. The van der Waals surface area contributed by atoms with E-state index in [0.717, 1.165) is 17.7 Å². The number of nitrogens with two attached hydrogens (primary N) is 1. The first kappa shape index (κ1) is 17.3. The molecule has 1 heterocycles. The van der Waals surface area contributed by atoms with E-state index in [9.17, 15) is 18.0 Å². The van der Waals surface area contributed by atoms with Crippen LogP contribution in [-0.2, 0) is 6.42 Å². The third kappa shape index (κ3) is 3.46. The van der Waals surface area contributed by atoms with Gasteiger partial charge < -0.3 is 16.0 Å². The Balaban J connectivity index is 1.95. The topological polar surface area (TPSA) is 58.4 Å². The van der Waals surface area contributed by atoms with E-state index in [1.165, 1.54) is 17.0 Å². The van der Waals surface area contributed by atoms with Gasteiger partial charge in [0, 0.05) is 25.2 Å². The minimum Gasteiger partial charge on any atom is -0.352 e. The number of nitrogens with one attached hydrogen (secondary N) is 1. The van der Waals surface area contributed by atoms with Crippen LogP contribution in [0.3, 0.4) is 0 Å². The Bertz CT molecular complexity index is 819. The molecule has 0 aromatic heterocycles. The van der Waals surface area contributed by atoms with Crippen molar-refractivity contribution in [1.82, 2.24) is 4.90 Å². The standard InChI is InChI=1S/C18H18F3N3O/c1-2-10-3-4-16(15(21)5-10)23-17-7-14(20)13(19)6-12(17)18(25)24-8-11(22)9-24/h3-7,11,23H,2,8-9,22H2,1H3. The van der Waals surface area contributed by atoms with Crippen LogP contribution < -0.4 is 11.1 Å². The zero-order valence-corrected chi connectivity index (χ0v) is 13.7. The first-order valence-corrected chi connectivity index (χ1v) is 7.98. The summed E-state index contributed by atoms with van der Waals surface area (Å²) in [7, 11) is 0. The lowest BCUT2D eigenvalue weighted by molar-refractivity contribution is 0.0608. The van der Waals surface area contributed by atoms with Gasteiger partial charge in [0.25, 0.3) is 5.91 Å². The Hall–Kier alpha value is -2.54. The molecule has 2 aromatic rings. The summed E-state index contributed by atoms with van der Waals surface area (Å²) in [6.45, 7) is 2.58. The second-order valence-corrected chi connectivity index (χ2v) is 6.07. The molecule has 1 fully saturated rings. The molecule has 0 spiro atoms. The van der Waals surface area contributed by atoms with Gasteiger partial charge in [-0.3, -0.25) is 4.79 Å². The Morgan fingerprint density at radius 2 is 1.80 bits per heavy atom. The highest BCUT2D eigenvalue weighted by Gasteiger charge is 2.30. The molecule has 0 bridgehead atoms. The fourth-order valence-electron chi connectivity index (χ4n) is 2.70. The van der Waals surface area contributed by atoms with Gasteiger partial charge in [0.15, 0.2) is 11.6 Å². The first-order chi connectivity index (χ1) is 11.9. The van der Waals surface area contributed by atoms with E-state index >= 15 is 0 Å². The van der Waals surface area contributed by atoms with Crippen molar-refractivity contribution >= 4 is 17.3 Å². The summed E-state index contributed by atoms with van der Waals surface area (Å²) in [6.07, 6.45) is 0.668. The largest absolute Gasteiger partial charge is 0.352 e. The third-order valence-electron chi connectivity index (χ3n) is 4.20. The minimum absolute atomic E-state index is 0.00696. The monoisotopic (exact) mass is 349 g/mol. The van der Waals surface area contributed by atoms with Gasteiger partial charge in [0.1, 0.15) is 5.82 Å². The molecule has 4 nitrogen and oxygen atoms in total. The lowest BCUT2D eigenvalue weighted by Gasteiger charge is -2.37. The molecule has 1 amide bonds. The number of hydrogen-bond donors (Lipinski definition) is 2. The maximum Gasteiger partial charge on any atom is 0.256 e. The molecule has 25 heavy (non-hydrogen) atoms. The number of anilines is 2. The molecule has 0 atom stereocenters. The Kier molecular flexibility index (Phi) is 4.67. The average molecular weight is 349 g/mol. The molecule has 1 saturated heterocycles. The Morgan fingerprint density at radius 3 is 2.40 bits per heavy atom. The van der Waals surface area contributed by atoms with Gasteiger partial charge in [-0.15, -0.1) is 0 Å². The number of benzene rings is 2. The van der Waals surface area contributed by atoms with Crippen molar-refractivity contribution in [3.8, 4) is 0 Å². The van der Waals surface area contributed by atoms with E-state index in [1.807, 2.05) is 6.92 Å². The zero-order chi connectivity index (χ0) is 18.1. The van der Waals surface area contributed by atoms with Crippen molar-refractivity contribution in [1.29, 1.82) is 0 Å². The normalized spacial score (nSPS) is 14.4. The maximum absolute atomic E-state index is 14.2. The Morgan fingerprint density at radius 1 is 1.12 bits per heavy atom. The van der Waals surface area contributed by atoms with Gasteiger partial charge in [-0.05, 0) is 30.2 Å². The predicted octanol–water partition coefficient (Wildman–Crippen LogP) is 3.19. The van der Waals surface area contributed by atoms with Crippen LogP contribution in [0.25, 0.3) is 0 Å². The number of nitrogens with zero attached hydrogens (tertiary/aromatic N) is 1. The fourth-order valence-corrected chi connectivity index (χ4v) is 2.70. The molecule has 0 radical (unpaired) electrons. The van der Waals surface area contributed by atoms with Gasteiger partial charge in [0.05, 0.1) is 16.9 Å². The number of aryl methyl sites for hydroxylation is 1. The maximum atomic E-state index is 14.2. The van der Waals surface area contributed by atoms with E-state index in [0.29, 0.717) is 19.5 Å².